The fourth-order valence-electron chi connectivity index (χ4n) is 1.53. The Bertz CT molecular complexity index is 405. The maximum Gasteiger partial charge on any atom is 0.119 e. The third-order valence-corrected chi connectivity index (χ3v) is 2.72. The monoisotopic (exact) mass is 297 g/mol. The lowest BCUT2D eigenvalue weighted by molar-refractivity contribution is 0.0180. The lowest BCUT2D eigenvalue weighted by Crippen LogP contribution is -2.12. The summed E-state index contributed by atoms with van der Waals surface area (Å²) in [6.45, 7) is 4.99. The van der Waals surface area contributed by atoms with Gasteiger partial charge >= 0.3 is 0 Å². The number of rotatable bonds is 11. The van der Waals surface area contributed by atoms with E-state index in [4.69, 9.17) is 24.2 Å². The fourth-order valence-corrected chi connectivity index (χ4v) is 1.53. The molecule has 0 saturated heterocycles. The lowest BCUT2D eigenvalue weighted by Gasteiger charge is -2.08. The molecule has 0 saturated carbocycles. The van der Waals surface area contributed by atoms with Gasteiger partial charge in [-0.3, -0.25) is 0 Å². The van der Waals surface area contributed by atoms with Crippen molar-refractivity contribution >= 4 is 5.71 Å². The number of nitrogens with zero attached hydrogens (tertiary/aromatic N) is 1. The Hall–Kier alpha value is -1.63. The van der Waals surface area contributed by atoms with Crippen molar-refractivity contribution in [1.82, 2.24) is 0 Å². The molecule has 0 bridgehead atoms. The maximum atomic E-state index is 8.67. The van der Waals surface area contributed by atoms with Crippen molar-refractivity contribution in [3.8, 4) is 5.75 Å². The summed E-state index contributed by atoms with van der Waals surface area (Å²) in [6.07, 6.45) is 0. The van der Waals surface area contributed by atoms with Gasteiger partial charge in [0.25, 0.3) is 0 Å². The lowest BCUT2D eigenvalue weighted by atomic mass is 10.1. The van der Waals surface area contributed by atoms with Crippen molar-refractivity contribution in [2.24, 2.45) is 5.16 Å². The average Bonchev–Trinajstić information content (AvgIpc) is 2.53. The van der Waals surface area contributed by atoms with E-state index in [1.165, 1.54) is 0 Å². The second kappa shape index (κ2) is 11.1. The van der Waals surface area contributed by atoms with Crippen LogP contribution in [0.3, 0.4) is 0 Å². The van der Waals surface area contributed by atoms with Gasteiger partial charge in [-0.05, 0) is 36.8 Å². The molecule has 0 aliphatic carbocycles. The largest absolute Gasteiger partial charge is 0.491 e. The fraction of sp³-hybridized carbons (Fsp3) is 0.533. The molecule has 0 aliphatic rings. The van der Waals surface area contributed by atoms with E-state index in [0.717, 1.165) is 11.3 Å². The molecule has 1 aromatic rings. The van der Waals surface area contributed by atoms with Crippen LogP contribution in [0.15, 0.2) is 29.4 Å². The normalized spacial score (nSPS) is 11.6. The molecule has 0 aliphatic heterocycles. The van der Waals surface area contributed by atoms with Crippen LogP contribution in [-0.4, -0.2) is 57.7 Å². The number of benzene rings is 1. The zero-order valence-corrected chi connectivity index (χ0v) is 12.6. The summed E-state index contributed by atoms with van der Waals surface area (Å²) in [7, 11) is 1.64. The van der Waals surface area contributed by atoms with E-state index in [1.54, 1.807) is 14.0 Å². The molecule has 0 spiro atoms. The summed E-state index contributed by atoms with van der Waals surface area (Å²) < 4.78 is 21.0. The van der Waals surface area contributed by atoms with Crippen molar-refractivity contribution in [3.05, 3.63) is 29.8 Å². The van der Waals surface area contributed by atoms with Gasteiger partial charge in [0.05, 0.1) is 38.7 Å². The third kappa shape index (κ3) is 7.65. The Morgan fingerprint density at radius 2 is 1.52 bits per heavy atom. The van der Waals surface area contributed by atoms with Crippen molar-refractivity contribution in [2.75, 3.05) is 46.8 Å². The van der Waals surface area contributed by atoms with Crippen LogP contribution >= 0.6 is 0 Å². The minimum absolute atomic E-state index is 0.477. The highest BCUT2D eigenvalue weighted by Gasteiger charge is 1.99. The Kier molecular flexibility index (Phi) is 9.19. The molecule has 6 nitrogen and oxygen atoms in total. The molecule has 6 heteroatoms. The minimum atomic E-state index is 0.477. The summed E-state index contributed by atoms with van der Waals surface area (Å²) in [5, 5.41) is 11.8. The van der Waals surface area contributed by atoms with Crippen LogP contribution in [-0.2, 0) is 14.2 Å². The molecular formula is C15H23NO5. The first-order valence-corrected chi connectivity index (χ1v) is 6.84. The summed E-state index contributed by atoms with van der Waals surface area (Å²) in [5.74, 6) is 0.754. The molecule has 0 atom stereocenters. The first-order valence-electron chi connectivity index (χ1n) is 6.84. The van der Waals surface area contributed by atoms with E-state index in [2.05, 4.69) is 5.16 Å². The number of oxime groups is 1. The zero-order chi connectivity index (χ0) is 15.3. The van der Waals surface area contributed by atoms with E-state index in [0.29, 0.717) is 45.4 Å². The van der Waals surface area contributed by atoms with Gasteiger partial charge in [0.15, 0.2) is 0 Å². The molecule has 1 N–H and O–H groups in total. The van der Waals surface area contributed by atoms with E-state index in [1.807, 2.05) is 24.3 Å². The van der Waals surface area contributed by atoms with Crippen LogP contribution in [0.5, 0.6) is 5.75 Å². The Morgan fingerprint density at radius 1 is 0.952 bits per heavy atom. The van der Waals surface area contributed by atoms with Crippen LogP contribution in [0, 0.1) is 0 Å². The first-order chi connectivity index (χ1) is 10.3. The third-order valence-electron chi connectivity index (χ3n) is 2.72. The Morgan fingerprint density at radius 3 is 2.10 bits per heavy atom. The SMILES string of the molecule is COCCOCCOCCOc1ccc(/C(C)=N/O)cc1. The minimum Gasteiger partial charge on any atom is -0.491 e. The molecule has 1 aromatic carbocycles. The molecule has 0 radical (unpaired) electrons. The van der Waals surface area contributed by atoms with Crippen molar-refractivity contribution in [1.29, 1.82) is 0 Å². The van der Waals surface area contributed by atoms with Gasteiger partial charge in [0.1, 0.15) is 12.4 Å². The highest BCUT2D eigenvalue weighted by atomic mass is 16.6. The zero-order valence-electron chi connectivity index (χ0n) is 12.6. The molecule has 0 amide bonds. The van der Waals surface area contributed by atoms with Crippen LogP contribution in [0.2, 0.25) is 0 Å². The average molecular weight is 297 g/mol. The molecule has 0 heterocycles. The van der Waals surface area contributed by atoms with E-state index in [9.17, 15) is 0 Å². The number of methoxy groups -OCH3 is 1. The van der Waals surface area contributed by atoms with Gasteiger partial charge in [0, 0.05) is 7.11 Å². The summed E-state index contributed by atoms with van der Waals surface area (Å²) >= 11 is 0. The smallest absolute Gasteiger partial charge is 0.119 e. The van der Waals surface area contributed by atoms with Gasteiger partial charge < -0.3 is 24.2 Å². The Balaban J connectivity index is 2.08. The first kappa shape index (κ1) is 17.4. The van der Waals surface area contributed by atoms with Crippen LogP contribution < -0.4 is 4.74 Å². The van der Waals surface area contributed by atoms with Gasteiger partial charge in [-0.15, -0.1) is 0 Å². The van der Waals surface area contributed by atoms with Crippen molar-refractivity contribution in [2.45, 2.75) is 6.92 Å². The quantitative estimate of drug-likeness (QED) is 0.292. The van der Waals surface area contributed by atoms with Gasteiger partial charge in [-0.1, -0.05) is 5.16 Å². The number of ether oxygens (including phenoxy) is 4. The van der Waals surface area contributed by atoms with E-state index < -0.39 is 0 Å². The predicted molar refractivity (Wildman–Crippen MR) is 79.4 cm³/mol. The van der Waals surface area contributed by atoms with Crippen molar-refractivity contribution < 1.29 is 24.2 Å². The topological polar surface area (TPSA) is 69.5 Å². The van der Waals surface area contributed by atoms with Crippen LogP contribution in [0.4, 0.5) is 0 Å². The second-order valence-electron chi connectivity index (χ2n) is 4.28. The summed E-state index contributed by atoms with van der Waals surface area (Å²) in [5.41, 5.74) is 1.42. The summed E-state index contributed by atoms with van der Waals surface area (Å²) in [4.78, 5) is 0. The molecule has 0 fully saturated rings. The maximum absolute atomic E-state index is 8.67. The number of hydrogen-bond acceptors (Lipinski definition) is 6. The van der Waals surface area contributed by atoms with E-state index >= 15 is 0 Å². The predicted octanol–water partition coefficient (Wildman–Crippen LogP) is 1.94. The van der Waals surface area contributed by atoms with Gasteiger partial charge in [-0.2, -0.15) is 0 Å². The van der Waals surface area contributed by atoms with E-state index in [-0.39, 0.29) is 0 Å². The van der Waals surface area contributed by atoms with Crippen LogP contribution in [0.25, 0.3) is 0 Å². The summed E-state index contributed by atoms with van der Waals surface area (Å²) in [6, 6.07) is 7.35. The highest BCUT2D eigenvalue weighted by molar-refractivity contribution is 5.98. The van der Waals surface area contributed by atoms with Crippen molar-refractivity contribution in [3.63, 3.8) is 0 Å². The molecule has 1 rings (SSSR count). The molecular weight excluding hydrogens is 274 g/mol. The highest BCUT2D eigenvalue weighted by Crippen LogP contribution is 2.12. The molecule has 0 aromatic heterocycles. The number of hydrogen-bond donors (Lipinski definition) is 1. The Labute approximate surface area is 125 Å². The van der Waals surface area contributed by atoms with Crippen LogP contribution in [0.1, 0.15) is 12.5 Å². The second-order valence-corrected chi connectivity index (χ2v) is 4.28. The van der Waals surface area contributed by atoms with Gasteiger partial charge in [-0.25, -0.2) is 0 Å². The standard InChI is InChI=1S/C15H23NO5/c1-13(16-17)14-3-5-15(6-4-14)21-12-11-20-10-9-19-8-7-18-2/h3-6,17H,7-12H2,1-2H3/b16-13+. The van der Waals surface area contributed by atoms with Gasteiger partial charge in [0.2, 0.25) is 0 Å². The molecule has 0 unspecified atom stereocenters. The molecule has 21 heavy (non-hydrogen) atoms. The molecule has 118 valence electrons.